The van der Waals surface area contributed by atoms with Gasteiger partial charge in [-0.1, -0.05) is 17.7 Å². The predicted octanol–water partition coefficient (Wildman–Crippen LogP) is 4.15. The molecule has 0 saturated heterocycles. The van der Waals surface area contributed by atoms with Crippen molar-refractivity contribution in [2.45, 2.75) is 13.8 Å². The van der Waals surface area contributed by atoms with Crippen LogP contribution in [0.4, 0.5) is 23.1 Å². The third-order valence-corrected chi connectivity index (χ3v) is 4.48. The van der Waals surface area contributed by atoms with Crippen molar-refractivity contribution in [2.75, 3.05) is 10.6 Å². The molecule has 0 radical (unpaired) electrons. The Kier molecular flexibility index (Phi) is 4.70. The normalized spacial score (nSPS) is 10.9. The van der Waals surface area contributed by atoms with Crippen molar-refractivity contribution in [3.8, 4) is 5.82 Å². The second kappa shape index (κ2) is 7.32. The van der Waals surface area contributed by atoms with Crippen LogP contribution in [0.5, 0.6) is 0 Å². The first kappa shape index (κ1) is 18.0. The Hall–Kier alpha value is -3.39. The van der Waals surface area contributed by atoms with E-state index in [1.165, 1.54) is 6.33 Å². The fraction of sp³-hybridized carbons (Fsp3) is 0.158. The first-order valence-electron chi connectivity index (χ1n) is 8.65. The van der Waals surface area contributed by atoms with E-state index in [0.717, 1.165) is 22.5 Å². The minimum absolute atomic E-state index is 0.611. The van der Waals surface area contributed by atoms with Crippen molar-refractivity contribution < 1.29 is 0 Å². The number of rotatable bonds is 5. The van der Waals surface area contributed by atoms with Gasteiger partial charge in [0.05, 0.1) is 22.6 Å². The van der Waals surface area contributed by atoms with Gasteiger partial charge in [0, 0.05) is 31.7 Å². The Morgan fingerprint density at radius 2 is 1.89 bits per heavy atom. The fourth-order valence-corrected chi connectivity index (χ4v) is 3.32. The molecule has 2 N–H and O–H groups in total. The first-order valence-corrected chi connectivity index (χ1v) is 9.02. The van der Waals surface area contributed by atoms with Gasteiger partial charge in [-0.05, 0) is 31.0 Å². The van der Waals surface area contributed by atoms with Crippen LogP contribution in [0.3, 0.4) is 0 Å². The Labute approximate surface area is 167 Å². The highest BCUT2D eigenvalue weighted by Gasteiger charge is 2.12. The second-order valence-corrected chi connectivity index (χ2v) is 6.88. The molecule has 0 saturated carbocycles. The molecular weight excluding hydrogens is 376 g/mol. The molecule has 9 heteroatoms. The van der Waals surface area contributed by atoms with E-state index in [0.29, 0.717) is 22.6 Å². The zero-order valence-corrected chi connectivity index (χ0v) is 16.4. The number of aryl methyl sites for hydroxylation is 3. The molecule has 4 rings (SSSR count). The molecule has 0 atom stereocenters. The Bertz CT molecular complexity index is 1110. The van der Waals surface area contributed by atoms with Crippen LogP contribution in [0.1, 0.15) is 11.1 Å². The minimum Gasteiger partial charge on any atom is -0.338 e. The Morgan fingerprint density at radius 1 is 1.04 bits per heavy atom. The lowest BCUT2D eigenvalue weighted by Gasteiger charge is -2.14. The molecule has 4 aromatic rings. The van der Waals surface area contributed by atoms with Gasteiger partial charge in [0.2, 0.25) is 5.95 Å². The van der Waals surface area contributed by atoms with Crippen molar-refractivity contribution in [3.05, 3.63) is 65.5 Å². The quantitative estimate of drug-likeness (QED) is 0.528. The number of hydrogen-bond acceptors (Lipinski definition) is 6. The topological polar surface area (TPSA) is 85.5 Å². The molecule has 8 nitrogen and oxygen atoms in total. The number of imidazole rings is 1. The fourth-order valence-electron chi connectivity index (χ4n) is 2.95. The molecule has 28 heavy (non-hydrogen) atoms. The van der Waals surface area contributed by atoms with Gasteiger partial charge >= 0.3 is 0 Å². The average molecular weight is 395 g/mol. The highest BCUT2D eigenvalue weighted by molar-refractivity contribution is 6.33. The van der Waals surface area contributed by atoms with E-state index < -0.39 is 0 Å². The first-order chi connectivity index (χ1) is 13.5. The molecular formula is C19H19ClN8. The summed E-state index contributed by atoms with van der Waals surface area (Å²) in [5, 5.41) is 11.3. The van der Waals surface area contributed by atoms with Crippen LogP contribution in [-0.4, -0.2) is 29.3 Å². The zero-order valence-electron chi connectivity index (χ0n) is 15.7. The van der Waals surface area contributed by atoms with Gasteiger partial charge in [-0.2, -0.15) is 5.10 Å². The van der Waals surface area contributed by atoms with Crippen molar-refractivity contribution >= 4 is 34.7 Å². The molecule has 3 aromatic heterocycles. The van der Waals surface area contributed by atoms with Gasteiger partial charge < -0.3 is 10.6 Å². The zero-order chi connectivity index (χ0) is 19.7. The van der Waals surface area contributed by atoms with Crippen LogP contribution < -0.4 is 10.6 Å². The summed E-state index contributed by atoms with van der Waals surface area (Å²) in [6.07, 6.45) is 8.64. The smallest absolute Gasteiger partial charge is 0.213 e. The summed E-state index contributed by atoms with van der Waals surface area (Å²) in [6.45, 7) is 4.02. The van der Waals surface area contributed by atoms with Gasteiger partial charge in [0.1, 0.15) is 18.0 Å². The minimum atomic E-state index is 0.611. The maximum absolute atomic E-state index is 6.42. The van der Waals surface area contributed by atoms with Crippen LogP contribution >= 0.6 is 11.6 Å². The lowest BCUT2D eigenvalue weighted by molar-refractivity contribution is 0.768. The molecule has 0 aliphatic carbocycles. The van der Waals surface area contributed by atoms with Crippen LogP contribution in [0.2, 0.25) is 5.02 Å². The molecule has 0 bridgehead atoms. The summed E-state index contributed by atoms with van der Waals surface area (Å²) in [7, 11) is 1.86. The van der Waals surface area contributed by atoms with E-state index in [1.54, 1.807) is 17.1 Å². The molecule has 0 aliphatic heterocycles. The number of benzene rings is 1. The van der Waals surface area contributed by atoms with E-state index in [4.69, 9.17) is 11.6 Å². The van der Waals surface area contributed by atoms with Crippen molar-refractivity contribution in [2.24, 2.45) is 7.05 Å². The predicted molar refractivity (Wildman–Crippen MR) is 110 cm³/mol. The van der Waals surface area contributed by atoms with E-state index in [-0.39, 0.29) is 0 Å². The summed E-state index contributed by atoms with van der Waals surface area (Å²) >= 11 is 6.42. The third kappa shape index (κ3) is 3.67. The summed E-state index contributed by atoms with van der Waals surface area (Å²) < 4.78 is 3.56. The van der Waals surface area contributed by atoms with E-state index in [9.17, 15) is 0 Å². The molecule has 0 unspecified atom stereocenters. The second-order valence-electron chi connectivity index (χ2n) is 6.47. The molecule has 1 aromatic carbocycles. The largest absolute Gasteiger partial charge is 0.338 e. The van der Waals surface area contributed by atoms with Gasteiger partial charge in [0.15, 0.2) is 0 Å². The standard InChI is InChI=1S/C19H19ClN8/c1-12-6-13(2)18(15(20)7-12)26-19-21-4-5-28(19)17-8-16(22-11-23-17)25-14-9-24-27(3)10-14/h4-11H,1-3H3,(H,21,26)(H,22,23,25). The number of hydrogen-bond donors (Lipinski definition) is 2. The van der Waals surface area contributed by atoms with E-state index in [2.05, 4.69) is 36.8 Å². The molecule has 0 spiro atoms. The SMILES string of the molecule is Cc1cc(C)c(Nc2nccn2-c2cc(Nc3cnn(C)c3)ncn2)c(Cl)c1. The molecule has 142 valence electrons. The van der Waals surface area contributed by atoms with Gasteiger partial charge in [-0.3, -0.25) is 9.25 Å². The van der Waals surface area contributed by atoms with Gasteiger partial charge in [0.25, 0.3) is 0 Å². The monoisotopic (exact) mass is 394 g/mol. The highest BCUT2D eigenvalue weighted by Crippen LogP contribution is 2.30. The molecule has 0 aliphatic rings. The maximum atomic E-state index is 6.42. The number of halogens is 1. The van der Waals surface area contributed by atoms with Crippen LogP contribution in [0.15, 0.2) is 49.3 Å². The van der Waals surface area contributed by atoms with Gasteiger partial charge in [-0.25, -0.2) is 15.0 Å². The van der Waals surface area contributed by atoms with Crippen molar-refractivity contribution in [1.29, 1.82) is 0 Å². The van der Waals surface area contributed by atoms with E-state index >= 15 is 0 Å². The highest BCUT2D eigenvalue weighted by atomic mass is 35.5. The summed E-state index contributed by atoms with van der Waals surface area (Å²) in [4.78, 5) is 13.0. The number of nitrogens with one attached hydrogen (secondary N) is 2. The Morgan fingerprint density at radius 3 is 2.64 bits per heavy atom. The number of nitrogens with zero attached hydrogens (tertiary/aromatic N) is 6. The van der Waals surface area contributed by atoms with Crippen LogP contribution in [0, 0.1) is 13.8 Å². The molecule has 3 heterocycles. The maximum Gasteiger partial charge on any atom is 0.213 e. The van der Waals surface area contributed by atoms with Crippen molar-refractivity contribution in [1.82, 2.24) is 29.3 Å². The number of aromatic nitrogens is 6. The Balaban J connectivity index is 1.63. The molecule has 0 amide bonds. The lowest BCUT2D eigenvalue weighted by atomic mass is 10.1. The summed E-state index contributed by atoms with van der Waals surface area (Å²) in [6, 6.07) is 5.83. The van der Waals surface area contributed by atoms with Crippen LogP contribution in [0.25, 0.3) is 5.82 Å². The molecule has 0 fully saturated rings. The van der Waals surface area contributed by atoms with Crippen LogP contribution in [-0.2, 0) is 7.05 Å². The average Bonchev–Trinajstić information content (AvgIpc) is 3.27. The van der Waals surface area contributed by atoms with E-state index in [1.807, 2.05) is 50.0 Å². The summed E-state index contributed by atoms with van der Waals surface area (Å²) in [5.41, 5.74) is 3.82. The van der Waals surface area contributed by atoms with Crippen molar-refractivity contribution in [3.63, 3.8) is 0 Å². The third-order valence-electron chi connectivity index (χ3n) is 4.19. The number of anilines is 4. The lowest BCUT2D eigenvalue weighted by Crippen LogP contribution is -2.05. The van der Waals surface area contributed by atoms with Gasteiger partial charge in [-0.15, -0.1) is 0 Å². The summed E-state index contributed by atoms with van der Waals surface area (Å²) in [5.74, 6) is 1.93.